The fourth-order valence-electron chi connectivity index (χ4n) is 1.92. The molecule has 0 aliphatic rings. The lowest BCUT2D eigenvalue weighted by Gasteiger charge is -2.01. The van der Waals surface area contributed by atoms with Crippen LogP contribution in [-0.4, -0.2) is 12.1 Å². The molecule has 0 N–H and O–H groups in total. The number of benzene rings is 1. The molecule has 0 unspecified atom stereocenters. The maximum atomic E-state index is 5.18. The number of nitrogens with zero attached hydrogens (tertiary/aromatic N) is 1. The second-order valence-corrected chi connectivity index (χ2v) is 6.28. The Kier molecular flexibility index (Phi) is 3.36. The minimum absolute atomic E-state index is 0.870. The van der Waals surface area contributed by atoms with E-state index < -0.39 is 0 Å². The van der Waals surface area contributed by atoms with Crippen LogP contribution >= 0.6 is 22.7 Å². The van der Waals surface area contributed by atoms with Gasteiger partial charge in [0.15, 0.2) is 0 Å². The van der Waals surface area contributed by atoms with Crippen LogP contribution in [0, 0.1) is 6.92 Å². The number of hydrogen-bond acceptors (Lipinski definition) is 4. The zero-order valence-electron chi connectivity index (χ0n) is 10.7. The van der Waals surface area contributed by atoms with Crippen molar-refractivity contribution in [2.75, 3.05) is 7.11 Å². The summed E-state index contributed by atoms with van der Waals surface area (Å²) in [5.74, 6) is 0.870. The van der Waals surface area contributed by atoms with Gasteiger partial charge in [0.25, 0.3) is 0 Å². The summed E-state index contributed by atoms with van der Waals surface area (Å²) in [4.78, 5) is 7.24. The molecule has 0 radical (unpaired) electrons. The Balaban J connectivity index is 2.00. The molecule has 3 rings (SSSR count). The van der Waals surface area contributed by atoms with Crippen molar-refractivity contribution in [3.05, 3.63) is 46.7 Å². The molecule has 2 nitrogen and oxygen atoms in total. The standard InChI is InChI=1S/C15H13NOS2/c1-10-14(11-5-7-12(17-2)8-6-11)16-15(19-10)13-4-3-9-18-13/h3-9H,1-2H3. The number of thiazole rings is 1. The van der Waals surface area contributed by atoms with E-state index >= 15 is 0 Å². The van der Waals surface area contributed by atoms with Crippen molar-refractivity contribution in [3.63, 3.8) is 0 Å². The maximum absolute atomic E-state index is 5.18. The van der Waals surface area contributed by atoms with E-state index in [0.717, 1.165) is 22.0 Å². The van der Waals surface area contributed by atoms with Gasteiger partial charge in [-0.05, 0) is 42.6 Å². The highest BCUT2D eigenvalue weighted by Crippen LogP contribution is 2.35. The number of aryl methyl sites for hydroxylation is 1. The third kappa shape index (κ3) is 2.41. The highest BCUT2D eigenvalue weighted by Gasteiger charge is 2.11. The van der Waals surface area contributed by atoms with E-state index in [0.29, 0.717) is 0 Å². The lowest BCUT2D eigenvalue weighted by molar-refractivity contribution is 0.415. The normalized spacial score (nSPS) is 10.6. The van der Waals surface area contributed by atoms with Crippen molar-refractivity contribution in [1.82, 2.24) is 4.98 Å². The molecule has 0 bridgehead atoms. The molecule has 2 heterocycles. The van der Waals surface area contributed by atoms with Crippen molar-refractivity contribution in [2.45, 2.75) is 6.92 Å². The van der Waals surface area contributed by atoms with Crippen molar-refractivity contribution in [2.24, 2.45) is 0 Å². The third-order valence-electron chi connectivity index (χ3n) is 2.89. The Labute approximate surface area is 120 Å². The van der Waals surface area contributed by atoms with Crippen LogP contribution in [0.5, 0.6) is 5.75 Å². The molecule has 96 valence electrons. The Bertz CT molecular complexity index is 669. The molecule has 0 fully saturated rings. The summed E-state index contributed by atoms with van der Waals surface area (Å²) in [7, 11) is 1.68. The molecule has 3 aromatic rings. The largest absolute Gasteiger partial charge is 0.497 e. The average molecular weight is 287 g/mol. The molecule has 0 aliphatic heterocycles. The predicted molar refractivity (Wildman–Crippen MR) is 82.2 cm³/mol. The van der Waals surface area contributed by atoms with E-state index in [2.05, 4.69) is 36.6 Å². The van der Waals surface area contributed by atoms with Crippen molar-refractivity contribution < 1.29 is 4.74 Å². The van der Waals surface area contributed by atoms with E-state index in [1.54, 1.807) is 29.8 Å². The summed E-state index contributed by atoms with van der Waals surface area (Å²) in [6.45, 7) is 2.12. The third-order valence-corrected chi connectivity index (χ3v) is 4.90. The van der Waals surface area contributed by atoms with Gasteiger partial charge < -0.3 is 4.74 Å². The van der Waals surface area contributed by atoms with E-state index in [9.17, 15) is 0 Å². The van der Waals surface area contributed by atoms with Gasteiger partial charge in [-0.3, -0.25) is 0 Å². The fourth-order valence-corrected chi connectivity index (χ4v) is 3.65. The van der Waals surface area contributed by atoms with Crippen molar-refractivity contribution in [3.8, 4) is 26.9 Å². The highest BCUT2D eigenvalue weighted by molar-refractivity contribution is 7.21. The molecular formula is C15H13NOS2. The molecule has 1 aromatic carbocycles. The number of rotatable bonds is 3. The van der Waals surface area contributed by atoms with Gasteiger partial charge >= 0.3 is 0 Å². The summed E-state index contributed by atoms with van der Waals surface area (Å²) in [6, 6.07) is 12.2. The van der Waals surface area contributed by atoms with E-state index in [1.807, 2.05) is 12.1 Å². The lowest BCUT2D eigenvalue weighted by atomic mass is 10.1. The molecule has 0 saturated heterocycles. The van der Waals surface area contributed by atoms with Gasteiger partial charge in [-0.1, -0.05) is 6.07 Å². The molecule has 4 heteroatoms. The first-order chi connectivity index (χ1) is 9.28. The second kappa shape index (κ2) is 5.15. The molecular weight excluding hydrogens is 274 g/mol. The predicted octanol–water partition coefficient (Wildman–Crippen LogP) is 4.86. The minimum Gasteiger partial charge on any atom is -0.497 e. The van der Waals surface area contributed by atoms with Crippen molar-refractivity contribution >= 4 is 22.7 Å². The topological polar surface area (TPSA) is 22.1 Å². The lowest BCUT2D eigenvalue weighted by Crippen LogP contribution is -1.84. The van der Waals surface area contributed by atoms with Crippen LogP contribution in [0.2, 0.25) is 0 Å². The Hall–Kier alpha value is -1.65. The quantitative estimate of drug-likeness (QED) is 0.686. The first kappa shape index (κ1) is 12.4. The molecule has 0 amide bonds. The summed E-state index contributed by atoms with van der Waals surface area (Å²) in [6.07, 6.45) is 0. The van der Waals surface area contributed by atoms with Gasteiger partial charge in [0, 0.05) is 10.4 Å². The van der Waals surface area contributed by atoms with Crippen molar-refractivity contribution in [1.29, 1.82) is 0 Å². The van der Waals surface area contributed by atoms with Crippen LogP contribution in [-0.2, 0) is 0 Å². The average Bonchev–Trinajstić information content (AvgIpc) is 3.08. The monoisotopic (exact) mass is 287 g/mol. The fraction of sp³-hybridized carbons (Fsp3) is 0.133. The van der Waals surface area contributed by atoms with E-state index in [-0.39, 0.29) is 0 Å². The van der Waals surface area contributed by atoms with Crippen LogP contribution in [0.4, 0.5) is 0 Å². The van der Waals surface area contributed by atoms with Gasteiger partial charge in [-0.2, -0.15) is 0 Å². The Morgan fingerprint density at radius 3 is 2.53 bits per heavy atom. The van der Waals surface area contributed by atoms with Gasteiger partial charge in [-0.15, -0.1) is 22.7 Å². The first-order valence-corrected chi connectivity index (χ1v) is 7.63. The number of thiophene rings is 1. The van der Waals surface area contributed by atoms with Gasteiger partial charge in [0.1, 0.15) is 10.8 Å². The Morgan fingerprint density at radius 1 is 1.11 bits per heavy atom. The summed E-state index contributed by atoms with van der Waals surface area (Å²) in [5.41, 5.74) is 2.20. The zero-order chi connectivity index (χ0) is 13.2. The molecule has 2 aromatic heterocycles. The molecule has 0 spiro atoms. The van der Waals surface area contributed by atoms with Crippen LogP contribution in [0.1, 0.15) is 4.88 Å². The summed E-state index contributed by atoms with van der Waals surface area (Å²) >= 11 is 3.47. The second-order valence-electron chi connectivity index (χ2n) is 4.13. The first-order valence-electron chi connectivity index (χ1n) is 5.93. The van der Waals surface area contributed by atoms with E-state index in [4.69, 9.17) is 9.72 Å². The highest BCUT2D eigenvalue weighted by atomic mass is 32.1. The van der Waals surface area contributed by atoms with Gasteiger partial charge in [0.05, 0.1) is 17.7 Å². The smallest absolute Gasteiger partial charge is 0.134 e. The van der Waals surface area contributed by atoms with Crippen LogP contribution in [0.25, 0.3) is 21.1 Å². The van der Waals surface area contributed by atoms with Crippen LogP contribution < -0.4 is 4.74 Å². The van der Waals surface area contributed by atoms with Crippen LogP contribution in [0.15, 0.2) is 41.8 Å². The van der Waals surface area contributed by atoms with Gasteiger partial charge in [0.2, 0.25) is 0 Å². The van der Waals surface area contributed by atoms with Gasteiger partial charge in [-0.25, -0.2) is 4.98 Å². The summed E-state index contributed by atoms with van der Waals surface area (Å²) < 4.78 is 5.18. The Morgan fingerprint density at radius 2 is 1.89 bits per heavy atom. The molecule has 0 aliphatic carbocycles. The number of ether oxygens (including phenoxy) is 1. The number of hydrogen-bond donors (Lipinski definition) is 0. The number of methoxy groups -OCH3 is 1. The SMILES string of the molecule is COc1ccc(-c2nc(-c3cccs3)sc2C)cc1. The summed E-state index contributed by atoms with van der Waals surface area (Å²) in [5, 5.41) is 3.18. The molecule has 19 heavy (non-hydrogen) atoms. The van der Waals surface area contributed by atoms with E-state index in [1.165, 1.54) is 9.75 Å². The molecule has 0 atom stereocenters. The number of aromatic nitrogens is 1. The maximum Gasteiger partial charge on any atom is 0.134 e. The van der Waals surface area contributed by atoms with Crippen LogP contribution in [0.3, 0.4) is 0 Å². The minimum atomic E-state index is 0.870. The zero-order valence-corrected chi connectivity index (χ0v) is 12.3. The molecule has 0 saturated carbocycles.